The van der Waals surface area contributed by atoms with Gasteiger partial charge in [0.25, 0.3) is 0 Å². The smallest absolute Gasteiger partial charge is 0.491 e. The summed E-state index contributed by atoms with van der Waals surface area (Å²) in [7, 11) is -2.85. The van der Waals surface area contributed by atoms with Crippen molar-refractivity contribution in [2.45, 2.75) is 65.7 Å². The maximum absolute atomic E-state index is 10.9. The molecule has 2 unspecified atom stereocenters. The zero-order valence-electron chi connectivity index (χ0n) is 28.4. The van der Waals surface area contributed by atoms with Gasteiger partial charge in [-0.15, -0.1) is 0 Å². The van der Waals surface area contributed by atoms with E-state index in [-0.39, 0.29) is 13.2 Å². The molecule has 4 aromatic rings. The average molecular weight is 634 g/mol. The summed E-state index contributed by atoms with van der Waals surface area (Å²) in [5.74, 6) is 2.15. The van der Waals surface area contributed by atoms with Gasteiger partial charge in [0.05, 0.1) is 25.2 Å². The first-order valence-corrected chi connectivity index (χ1v) is 16.9. The third kappa shape index (κ3) is 7.38. The minimum Gasteiger partial charge on any atom is -0.494 e. The lowest BCUT2D eigenvalue weighted by atomic mass is 9.64. The number of ether oxygens (including phenoxy) is 1. The number of hydrogen-bond acceptors (Lipinski definition) is 6. The van der Waals surface area contributed by atoms with Crippen molar-refractivity contribution >= 4 is 25.2 Å². The molecule has 4 N–H and O–H groups in total. The molecular formula is C39H48B2O6. The van der Waals surface area contributed by atoms with Gasteiger partial charge in [0.1, 0.15) is 5.75 Å². The Hall–Kier alpha value is -3.39. The molecule has 0 aromatic heterocycles. The first-order valence-electron chi connectivity index (χ1n) is 16.9. The summed E-state index contributed by atoms with van der Waals surface area (Å²) in [5, 5.41) is 40.8. The number of fused-ring (bicyclic) bond motifs is 3. The molecule has 0 fully saturated rings. The number of aryl methyl sites for hydroxylation is 2. The zero-order valence-corrected chi connectivity index (χ0v) is 28.4. The summed E-state index contributed by atoms with van der Waals surface area (Å²) in [5.41, 5.74) is 8.23. The third-order valence-electron chi connectivity index (χ3n) is 9.58. The van der Waals surface area contributed by atoms with Crippen molar-refractivity contribution in [3.05, 3.63) is 112 Å². The second-order valence-corrected chi connectivity index (χ2v) is 13.6. The number of aliphatic hydroxyl groups excluding tert-OH is 1. The van der Waals surface area contributed by atoms with E-state index >= 15 is 0 Å². The van der Waals surface area contributed by atoms with E-state index in [1.807, 2.05) is 42.5 Å². The van der Waals surface area contributed by atoms with E-state index in [2.05, 4.69) is 65.0 Å². The lowest BCUT2D eigenvalue weighted by molar-refractivity contribution is 0.183. The Morgan fingerprint density at radius 3 is 2.00 bits per heavy atom. The van der Waals surface area contributed by atoms with E-state index < -0.39 is 19.7 Å². The van der Waals surface area contributed by atoms with Crippen molar-refractivity contribution in [2.24, 2.45) is 11.8 Å². The van der Waals surface area contributed by atoms with Crippen LogP contribution >= 0.6 is 0 Å². The summed E-state index contributed by atoms with van der Waals surface area (Å²) in [4.78, 5) is 0. The Morgan fingerprint density at radius 2 is 1.36 bits per heavy atom. The van der Waals surface area contributed by atoms with Crippen molar-refractivity contribution in [2.75, 3.05) is 19.8 Å². The fourth-order valence-electron chi connectivity index (χ4n) is 7.03. The topological polar surface area (TPSA) is 99.4 Å². The second kappa shape index (κ2) is 15.2. The molecule has 246 valence electrons. The van der Waals surface area contributed by atoms with Crippen LogP contribution in [0.1, 0.15) is 79.8 Å². The largest absolute Gasteiger partial charge is 0.494 e. The van der Waals surface area contributed by atoms with Gasteiger partial charge >= 0.3 is 14.2 Å². The summed E-state index contributed by atoms with van der Waals surface area (Å²) >= 11 is 0. The lowest BCUT2D eigenvalue weighted by Gasteiger charge is -2.36. The highest BCUT2D eigenvalue weighted by atomic mass is 16.5. The third-order valence-corrected chi connectivity index (χ3v) is 9.58. The lowest BCUT2D eigenvalue weighted by Crippen LogP contribution is -2.37. The molecule has 1 aliphatic rings. The van der Waals surface area contributed by atoms with Crippen LogP contribution in [-0.2, 0) is 10.1 Å². The highest BCUT2D eigenvalue weighted by Gasteiger charge is 2.48. The van der Waals surface area contributed by atoms with Crippen LogP contribution in [0.25, 0.3) is 11.1 Å². The molecule has 0 amide bonds. The molecule has 1 aliphatic carbocycles. The van der Waals surface area contributed by atoms with Crippen LogP contribution < -0.4 is 15.7 Å². The molecule has 2 atom stereocenters. The molecular weight excluding hydrogens is 586 g/mol. The normalized spacial score (nSPS) is 15.8. The molecule has 47 heavy (non-hydrogen) atoms. The Kier molecular flexibility index (Phi) is 11.3. The predicted octanol–water partition coefficient (Wildman–Crippen LogP) is 5.27. The van der Waals surface area contributed by atoms with E-state index in [4.69, 9.17) is 9.39 Å². The van der Waals surface area contributed by atoms with Gasteiger partial charge in [-0.2, -0.15) is 0 Å². The van der Waals surface area contributed by atoms with Gasteiger partial charge in [-0.1, -0.05) is 112 Å². The molecule has 0 radical (unpaired) electrons. The fraction of sp³-hybridized carbons (Fsp3) is 0.385. The highest BCUT2D eigenvalue weighted by Crippen LogP contribution is 2.56. The Balaban J connectivity index is 1.61. The fourth-order valence-corrected chi connectivity index (χ4v) is 7.03. The van der Waals surface area contributed by atoms with Gasteiger partial charge in [0.15, 0.2) is 0 Å². The standard InChI is InChI=1S/C39H48B2O6/c1-26(2)7-6-8-27(3)19-21-46-33-15-11-30(12-16-33)39(36-23-28(4)9-10-29(36)5)37-24-31(40(43)44)13-17-34(37)35-18-14-32(25-38(35)39)41(45)47-22-20-42/h9-18,23-27,42-45H,6-8,19-22H2,1-5H3. The number of hydrogen-bond donors (Lipinski definition) is 4. The summed E-state index contributed by atoms with van der Waals surface area (Å²) in [6.45, 7) is 11.5. The van der Waals surface area contributed by atoms with Crippen molar-refractivity contribution in [1.82, 2.24) is 0 Å². The predicted molar refractivity (Wildman–Crippen MR) is 192 cm³/mol. The Bertz CT molecular complexity index is 1650. The van der Waals surface area contributed by atoms with Crippen LogP contribution in [0.3, 0.4) is 0 Å². The van der Waals surface area contributed by atoms with Gasteiger partial charge in [-0.25, -0.2) is 0 Å². The second-order valence-electron chi connectivity index (χ2n) is 13.6. The summed E-state index contributed by atoms with van der Waals surface area (Å²) in [6.07, 6.45) is 4.72. The molecule has 0 heterocycles. The van der Waals surface area contributed by atoms with E-state index in [1.54, 1.807) is 6.07 Å². The van der Waals surface area contributed by atoms with E-state index in [0.717, 1.165) is 62.6 Å². The molecule has 0 spiro atoms. The maximum Gasteiger partial charge on any atom is 0.491 e. The highest BCUT2D eigenvalue weighted by molar-refractivity contribution is 6.60. The minimum absolute atomic E-state index is 0.0105. The van der Waals surface area contributed by atoms with Crippen LogP contribution in [-0.4, -0.2) is 54.2 Å². The first-order chi connectivity index (χ1) is 22.6. The average Bonchev–Trinajstić information content (AvgIpc) is 3.34. The molecule has 0 aliphatic heterocycles. The quantitative estimate of drug-likeness (QED) is 0.117. The first kappa shape index (κ1) is 34.9. The molecule has 4 aromatic carbocycles. The van der Waals surface area contributed by atoms with Crippen LogP contribution in [0.4, 0.5) is 0 Å². The molecule has 8 heteroatoms. The van der Waals surface area contributed by atoms with Crippen LogP contribution in [0, 0.1) is 25.7 Å². The van der Waals surface area contributed by atoms with Crippen molar-refractivity contribution in [3.63, 3.8) is 0 Å². The molecule has 0 saturated heterocycles. The summed E-state index contributed by atoms with van der Waals surface area (Å²) < 4.78 is 11.8. The van der Waals surface area contributed by atoms with Crippen molar-refractivity contribution < 1.29 is 29.6 Å². The molecule has 5 rings (SSSR count). The zero-order chi connectivity index (χ0) is 33.7. The van der Waals surface area contributed by atoms with E-state index in [1.165, 1.54) is 19.3 Å². The van der Waals surface area contributed by atoms with Gasteiger partial charge < -0.3 is 29.6 Å². The maximum atomic E-state index is 10.9. The number of aliphatic hydroxyl groups is 1. The molecule has 6 nitrogen and oxygen atoms in total. The Morgan fingerprint density at radius 1 is 0.702 bits per heavy atom. The minimum atomic E-state index is -1.63. The van der Waals surface area contributed by atoms with Crippen LogP contribution in [0.2, 0.25) is 0 Å². The Labute approximate surface area is 280 Å². The summed E-state index contributed by atoms with van der Waals surface area (Å²) in [6, 6.07) is 26.1. The van der Waals surface area contributed by atoms with Gasteiger partial charge in [0, 0.05) is 0 Å². The van der Waals surface area contributed by atoms with Crippen molar-refractivity contribution in [1.29, 1.82) is 0 Å². The van der Waals surface area contributed by atoms with Crippen LogP contribution in [0.15, 0.2) is 78.9 Å². The molecule has 0 bridgehead atoms. The number of benzene rings is 4. The SMILES string of the molecule is Cc1ccc(C)c(C2(c3ccc(OCCC(C)CCCC(C)C)cc3)c3cc(B(O)O)ccc3-c3ccc(B(O)OCCO)cc32)c1. The molecule has 0 saturated carbocycles. The monoisotopic (exact) mass is 634 g/mol. The van der Waals surface area contributed by atoms with Crippen molar-refractivity contribution in [3.8, 4) is 16.9 Å². The van der Waals surface area contributed by atoms with E-state index in [0.29, 0.717) is 23.5 Å². The van der Waals surface area contributed by atoms with Gasteiger partial charge in [-0.05, 0) is 94.1 Å². The van der Waals surface area contributed by atoms with Crippen LogP contribution in [0.5, 0.6) is 5.75 Å². The van der Waals surface area contributed by atoms with Gasteiger partial charge in [0.2, 0.25) is 0 Å². The van der Waals surface area contributed by atoms with E-state index in [9.17, 15) is 20.2 Å². The van der Waals surface area contributed by atoms with Gasteiger partial charge in [-0.3, -0.25) is 0 Å². The number of rotatable bonds is 15.